The molecule has 6 nitrogen and oxygen atoms in total. The molecule has 0 N–H and O–H groups in total. The zero-order valence-corrected chi connectivity index (χ0v) is 14.1. The zero-order valence-electron chi connectivity index (χ0n) is 14.1. The van der Waals surface area contributed by atoms with Crippen LogP contribution in [0.2, 0.25) is 0 Å². The lowest BCUT2D eigenvalue weighted by atomic mass is 10.1. The van der Waals surface area contributed by atoms with E-state index in [4.69, 9.17) is 14.2 Å². The van der Waals surface area contributed by atoms with Crippen LogP contribution in [0, 0.1) is 0 Å². The van der Waals surface area contributed by atoms with Gasteiger partial charge in [-0.05, 0) is 37.5 Å². The largest absolute Gasteiger partial charge is 0.497 e. The molecule has 1 fully saturated rings. The SMILES string of the molecule is COc1ccc(/C=C/C(=O)OCC(=O)N2CCCCC2)c(OC)c1. The van der Waals surface area contributed by atoms with Crippen LogP contribution in [0.3, 0.4) is 0 Å². The van der Waals surface area contributed by atoms with Gasteiger partial charge in [0.05, 0.1) is 14.2 Å². The molecule has 1 aromatic rings. The first-order valence-electron chi connectivity index (χ1n) is 7.98. The Morgan fingerprint density at radius 3 is 2.54 bits per heavy atom. The molecule has 1 heterocycles. The van der Waals surface area contributed by atoms with Crippen molar-refractivity contribution in [2.45, 2.75) is 19.3 Å². The number of rotatable bonds is 6. The highest BCUT2D eigenvalue weighted by molar-refractivity contribution is 5.89. The molecule has 1 aromatic carbocycles. The average molecular weight is 333 g/mol. The number of hydrogen-bond acceptors (Lipinski definition) is 5. The summed E-state index contributed by atoms with van der Waals surface area (Å²) in [6.07, 6.45) is 6.05. The van der Waals surface area contributed by atoms with Gasteiger partial charge in [-0.2, -0.15) is 0 Å². The fourth-order valence-electron chi connectivity index (χ4n) is 2.53. The quantitative estimate of drug-likeness (QED) is 0.590. The number of nitrogens with zero attached hydrogens (tertiary/aromatic N) is 1. The first kappa shape index (κ1) is 17.8. The summed E-state index contributed by atoms with van der Waals surface area (Å²) in [5.74, 6) is 0.554. The number of hydrogen-bond donors (Lipinski definition) is 0. The minimum absolute atomic E-state index is 0.140. The number of esters is 1. The molecule has 0 spiro atoms. The molecular weight excluding hydrogens is 310 g/mol. The number of likely N-dealkylation sites (tertiary alicyclic amines) is 1. The van der Waals surface area contributed by atoms with Crippen molar-refractivity contribution in [3.63, 3.8) is 0 Å². The van der Waals surface area contributed by atoms with Gasteiger partial charge in [0.1, 0.15) is 11.5 Å². The van der Waals surface area contributed by atoms with Crippen LogP contribution in [0.5, 0.6) is 11.5 Å². The van der Waals surface area contributed by atoms with Gasteiger partial charge in [-0.3, -0.25) is 4.79 Å². The molecule has 0 unspecified atom stereocenters. The predicted molar refractivity (Wildman–Crippen MR) is 90.0 cm³/mol. The Bertz CT molecular complexity index is 605. The van der Waals surface area contributed by atoms with Crippen LogP contribution in [0.4, 0.5) is 0 Å². The summed E-state index contributed by atoms with van der Waals surface area (Å²) < 4.78 is 15.4. The fraction of sp³-hybridized carbons (Fsp3) is 0.444. The standard InChI is InChI=1S/C18H23NO5/c1-22-15-8-6-14(16(12-15)23-2)7-9-18(21)24-13-17(20)19-10-4-3-5-11-19/h6-9,12H,3-5,10-11,13H2,1-2H3/b9-7+. The van der Waals surface area contributed by atoms with Gasteiger partial charge in [0.15, 0.2) is 6.61 Å². The molecule has 0 saturated carbocycles. The van der Waals surface area contributed by atoms with Crippen molar-refractivity contribution in [3.8, 4) is 11.5 Å². The van der Waals surface area contributed by atoms with Gasteiger partial charge in [-0.15, -0.1) is 0 Å². The van der Waals surface area contributed by atoms with E-state index in [0.717, 1.165) is 37.9 Å². The second-order valence-corrected chi connectivity index (χ2v) is 5.49. The Labute approximate surface area is 142 Å². The number of benzene rings is 1. The Balaban J connectivity index is 1.87. The van der Waals surface area contributed by atoms with Gasteiger partial charge >= 0.3 is 5.97 Å². The van der Waals surface area contributed by atoms with Crippen molar-refractivity contribution >= 4 is 18.0 Å². The molecule has 1 saturated heterocycles. The van der Waals surface area contributed by atoms with E-state index in [9.17, 15) is 9.59 Å². The summed E-state index contributed by atoms with van der Waals surface area (Å²) in [5, 5.41) is 0. The average Bonchev–Trinajstić information content (AvgIpc) is 2.64. The van der Waals surface area contributed by atoms with Crippen LogP contribution in [-0.2, 0) is 14.3 Å². The summed E-state index contributed by atoms with van der Waals surface area (Å²) in [5.41, 5.74) is 0.720. The Hall–Kier alpha value is -2.50. The van der Waals surface area contributed by atoms with Crippen molar-refractivity contribution in [3.05, 3.63) is 29.8 Å². The van der Waals surface area contributed by atoms with Crippen molar-refractivity contribution in [1.29, 1.82) is 0 Å². The molecule has 1 aliphatic rings. The van der Waals surface area contributed by atoms with E-state index < -0.39 is 5.97 Å². The lowest BCUT2D eigenvalue weighted by Gasteiger charge is -2.26. The zero-order chi connectivity index (χ0) is 17.4. The molecule has 24 heavy (non-hydrogen) atoms. The summed E-state index contributed by atoms with van der Waals surface area (Å²) in [6, 6.07) is 5.28. The van der Waals surface area contributed by atoms with Crippen molar-refractivity contribution < 1.29 is 23.8 Å². The highest BCUT2D eigenvalue weighted by Gasteiger charge is 2.17. The molecule has 6 heteroatoms. The van der Waals surface area contributed by atoms with E-state index in [1.807, 2.05) is 0 Å². The van der Waals surface area contributed by atoms with Crippen LogP contribution in [0.25, 0.3) is 6.08 Å². The molecular formula is C18H23NO5. The smallest absolute Gasteiger partial charge is 0.331 e. The number of ether oxygens (including phenoxy) is 3. The van der Waals surface area contributed by atoms with Crippen LogP contribution in [0.1, 0.15) is 24.8 Å². The van der Waals surface area contributed by atoms with Crippen LogP contribution < -0.4 is 9.47 Å². The normalized spacial score (nSPS) is 14.5. The predicted octanol–water partition coefficient (Wildman–Crippen LogP) is 2.27. The lowest BCUT2D eigenvalue weighted by Crippen LogP contribution is -2.38. The third-order valence-electron chi connectivity index (χ3n) is 3.89. The topological polar surface area (TPSA) is 65.1 Å². The van der Waals surface area contributed by atoms with Crippen LogP contribution in [0.15, 0.2) is 24.3 Å². The molecule has 1 amide bonds. The molecule has 0 atom stereocenters. The molecule has 1 aliphatic heterocycles. The second kappa shape index (κ2) is 8.96. The minimum Gasteiger partial charge on any atom is -0.497 e. The Kier molecular flexibility index (Phi) is 6.66. The van der Waals surface area contributed by atoms with Crippen LogP contribution >= 0.6 is 0 Å². The summed E-state index contributed by atoms with van der Waals surface area (Å²) in [6.45, 7) is 1.27. The molecule has 0 bridgehead atoms. The maximum atomic E-state index is 11.9. The van der Waals surface area contributed by atoms with Crippen molar-refractivity contribution in [1.82, 2.24) is 4.90 Å². The summed E-state index contributed by atoms with van der Waals surface area (Å²) >= 11 is 0. The molecule has 0 aromatic heterocycles. The van der Waals surface area contributed by atoms with E-state index in [1.165, 1.54) is 6.08 Å². The lowest BCUT2D eigenvalue weighted by molar-refractivity contribution is -0.148. The molecule has 130 valence electrons. The van der Waals surface area contributed by atoms with E-state index in [1.54, 1.807) is 43.4 Å². The van der Waals surface area contributed by atoms with Crippen molar-refractivity contribution in [2.75, 3.05) is 33.9 Å². The Morgan fingerprint density at radius 2 is 1.88 bits per heavy atom. The summed E-state index contributed by atoms with van der Waals surface area (Å²) in [4.78, 5) is 25.5. The highest BCUT2D eigenvalue weighted by Crippen LogP contribution is 2.25. The summed E-state index contributed by atoms with van der Waals surface area (Å²) in [7, 11) is 3.11. The molecule has 2 rings (SSSR count). The van der Waals surface area contributed by atoms with Gasteiger partial charge in [-0.25, -0.2) is 4.79 Å². The van der Waals surface area contributed by atoms with E-state index in [2.05, 4.69) is 0 Å². The number of amides is 1. The van der Waals surface area contributed by atoms with Gasteiger partial charge in [0.25, 0.3) is 5.91 Å². The first-order valence-corrected chi connectivity index (χ1v) is 7.98. The number of carbonyl (C=O) groups is 2. The van der Waals surface area contributed by atoms with Gasteiger partial charge in [0.2, 0.25) is 0 Å². The van der Waals surface area contributed by atoms with Gasteiger partial charge < -0.3 is 19.1 Å². The third kappa shape index (κ3) is 5.01. The maximum absolute atomic E-state index is 11.9. The van der Waals surface area contributed by atoms with E-state index >= 15 is 0 Å². The van der Waals surface area contributed by atoms with Gasteiger partial charge in [-0.1, -0.05) is 0 Å². The number of methoxy groups -OCH3 is 2. The van der Waals surface area contributed by atoms with E-state index in [0.29, 0.717) is 11.5 Å². The molecule has 0 radical (unpaired) electrons. The minimum atomic E-state index is -0.557. The third-order valence-corrected chi connectivity index (χ3v) is 3.89. The maximum Gasteiger partial charge on any atom is 0.331 e. The monoisotopic (exact) mass is 333 g/mol. The number of piperidine rings is 1. The van der Waals surface area contributed by atoms with E-state index in [-0.39, 0.29) is 12.5 Å². The Morgan fingerprint density at radius 1 is 1.12 bits per heavy atom. The van der Waals surface area contributed by atoms with Crippen molar-refractivity contribution in [2.24, 2.45) is 0 Å². The highest BCUT2D eigenvalue weighted by atomic mass is 16.5. The first-order chi connectivity index (χ1) is 11.6. The second-order valence-electron chi connectivity index (χ2n) is 5.49. The molecule has 0 aliphatic carbocycles. The van der Waals surface area contributed by atoms with Crippen LogP contribution in [-0.4, -0.2) is 50.7 Å². The number of carbonyl (C=O) groups excluding carboxylic acids is 2. The fourth-order valence-corrected chi connectivity index (χ4v) is 2.53. The van der Waals surface area contributed by atoms with Gasteiger partial charge in [0, 0.05) is 30.8 Å².